The summed E-state index contributed by atoms with van der Waals surface area (Å²) < 4.78 is 3.29. The van der Waals surface area contributed by atoms with Crippen LogP contribution in [0.1, 0.15) is 39.5 Å². The van der Waals surface area contributed by atoms with Gasteiger partial charge in [0, 0.05) is 62.8 Å². The van der Waals surface area contributed by atoms with Crippen molar-refractivity contribution in [2.75, 3.05) is 0 Å². The number of aromatic amines is 1. The minimum Gasteiger partial charge on any atom is -0.481 e. The van der Waals surface area contributed by atoms with Gasteiger partial charge in [0.15, 0.2) is 0 Å². The first kappa shape index (κ1) is 50.4. The number of hydrogen-bond acceptors (Lipinski definition) is 7. The average molecular weight is 1090 g/mol. The molecule has 0 spiro atoms. The van der Waals surface area contributed by atoms with Crippen molar-refractivity contribution in [3.8, 4) is 0 Å². The quantitative estimate of drug-likeness (QED) is 0.0560. The number of fused-ring (bicyclic) bond motifs is 1. The zero-order valence-corrected chi connectivity index (χ0v) is 40.5. The second kappa shape index (κ2) is 25.2. The van der Waals surface area contributed by atoms with Crippen molar-refractivity contribution in [1.82, 2.24) is 40.0 Å². The zero-order chi connectivity index (χ0) is 46.2. The Morgan fingerprint density at radius 1 is 0.672 bits per heavy atom. The maximum Gasteiger partial charge on any atom is 0.309 e. The maximum absolute atomic E-state index is 10.5. The van der Waals surface area contributed by atoms with Crippen LogP contribution < -0.4 is 0 Å². The summed E-state index contributed by atoms with van der Waals surface area (Å²) in [5, 5.41) is 33.6. The number of nitrogens with zero attached hydrogens (tertiary/aromatic N) is 10. The topological polar surface area (TPSA) is 176 Å². The molecular weight excluding hydrogens is 1050 g/mol. The lowest BCUT2D eigenvalue weighted by Crippen LogP contribution is -2.01. The number of azide groups is 1. The summed E-state index contributed by atoms with van der Waals surface area (Å²) in [6.07, 6.45) is 3.94. The van der Waals surface area contributed by atoms with E-state index >= 15 is 0 Å². The number of nitrogens with one attached hydrogen (secondary N) is 1. The van der Waals surface area contributed by atoms with Crippen LogP contribution in [0.4, 0.5) is 0 Å². The van der Waals surface area contributed by atoms with Crippen LogP contribution in [0, 0.1) is 0 Å². The number of carboxylic acid groups (broad SMARTS) is 1. The molecule has 8 rings (SSSR count). The Morgan fingerprint density at radius 2 is 1.14 bits per heavy atom. The lowest BCUT2D eigenvalue weighted by atomic mass is 10.2. The van der Waals surface area contributed by atoms with E-state index in [2.05, 4.69) is 56.5 Å². The molecule has 64 heavy (non-hydrogen) atoms. The Bertz CT molecular complexity index is 2850. The van der Waals surface area contributed by atoms with Gasteiger partial charge in [-0.05, 0) is 88.4 Å². The normalized spacial score (nSPS) is 10.5. The molecule has 0 aliphatic rings. The van der Waals surface area contributed by atoms with E-state index < -0.39 is 5.97 Å². The third-order valence-corrected chi connectivity index (χ3v) is 11.4. The van der Waals surface area contributed by atoms with Crippen LogP contribution in [-0.4, -0.2) is 51.0 Å². The second-order valence-corrected chi connectivity index (χ2v) is 17.2. The van der Waals surface area contributed by atoms with E-state index in [-0.39, 0.29) is 13.0 Å². The van der Waals surface area contributed by atoms with Crippen LogP contribution >= 0.6 is 109 Å². The van der Waals surface area contributed by atoms with Crippen molar-refractivity contribution in [3.05, 3.63) is 200 Å². The predicted octanol–water partition coefficient (Wildman–Crippen LogP) is 14.1. The summed E-state index contributed by atoms with van der Waals surface area (Å²) in [7, 11) is 0. The van der Waals surface area contributed by atoms with Gasteiger partial charge in [-0.25, -0.2) is 14.3 Å². The predicted molar refractivity (Wildman–Crippen MR) is 260 cm³/mol. The van der Waals surface area contributed by atoms with Gasteiger partial charge in [-0.1, -0.05) is 161 Å². The molecule has 0 aliphatic carbocycles. The molecule has 0 amide bonds. The van der Waals surface area contributed by atoms with Gasteiger partial charge < -0.3 is 10.1 Å². The first-order chi connectivity index (χ1) is 30.7. The smallest absolute Gasteiger partial charge is 0.309 e. The zero-order valence-electron chi connectivity index (χ0n) is 32.9. The molecule has 5 aromatic carbocycles. The van der Waals surface area contributed by atoms with E-state index in [0.29, 0.717) is 65.4 Å². The molecule has 22 heteroatoms. The Hall–Kier alpha value is -4.57. The van der Waals surface area contributed by atoms with Gasteiger partial charge in [-0.15, -0.1) is 10.2 Å². The first-order valence-electron chi connectivity index (χ1n) is 18.5. The number of halogens is 9. The number of imidazole rings is 1. The third kappa shape index (κ3) is 16.1. The molecule has 3 heterocycles. The molecule has 2 N–H and O–H groups in total. The summed E-state index contributed by atoms with van der Waals surface area (Å²) in [6, 6.07) is 29.1. The molecule has 330 valence electrons. The van der Waals surface area contributed by atoms with Crippen LogP contribution in [0.5, 0.6) is 0 Å². The lowest BCUT2D eigenvalue weighted by molar-refractivity contribution is -0.136. The molecule has 0 fully saturated rings. The Balaban J connectivity index is 0.000000170. The highest BCUT2D eigenvalue weighted by molar-refractivity contribution is 9.08. The molecule has 13 nitrogen and oxygen atoms in total. The molecule has 8 aromatic rings. The number of para-hydroxylation sites is 2. The van der Waals surface area contributed by atoms with Crippen molar-refractivity contribution in [3.63, 3.8) is 0 Å². The molecule has 3 aromatic heterocycles. The monoisotopic (exact) mass is 1080 g/mol. The minimum atomic E-state index is -0.938. The SMILES string of the molecule is Clc1ccc(CBr)c(Cl)c1.Clc1ccc(Cn2cc(Cc3nc4ccccc4[nH]3)nn2)c(Cl)c1.O=C(O)Cc1cn(Cc2ccc(Cl)cc2Cl)nn1.[N-]=[N+]=NCc1ccc(Cl)cc1Cl. The van der Waals surface area contributed by atoms with Crippen LogP contribution in [0.15, 0.2) is 115 Å². The number of alkyl halides is 1. The molecular formula is C42H32BrCl8N11O2. The number of aromatic nitrogens is 8. The summed E-state index contributed by atoms with van der Waals surface area (Å²) in [4.78, 5) is 21.0. The number of aliphatic carboxylic acids is 1. The Labute approximate surface area is 414 Å². The fraction of sp³-hybridized carbons (Fsp3) is 0.143. The highest BCUT2D eigenvalue weighted by Crippen LogP contribution is 2.25. The maximum atomic E-state index is 10.5. The number of carbonyl (C=O) groups is 1. The fourth-order valence-electron chi connectivity index (χ4n) is 5.45. The van der Waals surface area contributed by atoms with Crippen molar-refractivity contribution in [2.24, 2.45) is 5.11 Å². The van der Waals surface area contributed by atoms with Gasteiger partial charge in [0.25, 0.3) is 0 Å². The minimum absolute atomic E-state index is 0.144. The van der Waals surface area contributed by atoms with Crippen molar-refractivity contribution >= 4 is 126 Å². The fourth-order valence-corrected chi connectivity index (χ4v) is 7.98. The van der Waals surface area contributed by atoms with Crippen molar-refractivity contribution in [1.29, 1.82) is 0 Å². The van der Waals surface area contributed by atoms with Crippen LogP contribution in [-0.2, 0) is 42.6 Å². The summed E-state index contributed by atoms with van der Waals surface area (Å²) in [5.41, 5.74) is 14.9. The van der Waals surface area contributed by atoms with E-state index in [1.54, 1.807) is 59.4 Å². The molecule has 0 saturated heterocycles. The van der Waals surface area contributed by atoms with Crippen molar-refractivity contribution in [2.45, 2.75) is 37.8 Å². The number of H-pyrrole nitrogens is 1. The van der Waals surface area contributed by atoms with Gasteiger partial charge in [0.1, 0.15) is 5.82 Å². The number of carboxylic acids is 1. The van der Waals surface area contributed by atoms with E-state index in [4.69, 9.17) is 103 Å². The summed E-state index contributed by atoms with van der Waals surface area (Å²) in [6.45, 7) is 1.22. The molecule has 0 atom stereocenters. The molecule has 0 saturated carbocycles. The lowest BCUT2D eigenvalue weighted by Gasteiger charge is -2.03. The number of benzene rings is 5. The molecule has 0 unspecified atom stereocenters. The van der Waals surface area contributed by atoms with Gasteiger partial charge in [-0.3, -0.25) is 4.79 Å². The number of hydrogen-bond donors (Lipinski definition) is 2. The van der Waals surface area contributed by atoms with E-state index in [0.717, 1.165) is 50.1 Å². The van der Waals surface area contributed by atoms with E-state index in [1.165, 1.54) is 4.68 Å². The third-order valence-electron chi connectivity index (χ3n) is 8.46. The van der Waals surface area contributed by atoms with Crippen molar-refractivity contribution < 1.29 is 9.90 Å². The van der Waals surface area contributed by atoms with Gasteiger partial charge in [0.2, 0.25) is 0 Å². The standard InChI is InChI=1S/C17H13Cl2N5.C11H9Cl2N3O2.C7H5BrCl2.C7H5Cl2N3/c18-12-6-5-11(14(19)7-12)9-24-10-13(22-23-24)8-17-20-15-3-1-2-4-16(15)21-17;12-8-2-1-7(10(13)3-8)5-16-6-9(14-15-16)4-11(17)18;8-4-5-1-2-6(9)3-7(5)10;8-6-2-1-5(4-11-12-10)7(9)3-6/h1-7,10H,8-9H2,(H,20,21);1-3,6H,4-5H2,(H,17,18);1-3H,4H2;1-3H,4H2. The van der Waals surface area contributed by atoms with Crippen LogP contribution in [0.25, 0.3) is 21.5 Å². The highest BCUT2D eigenvalue weighted by atomic mass is 79.9. The van der Waals surface area contributed by atoms with Gasteiger partial charge in [-0.2, -0.15) is 0 Å². The van der Waals surface area contributed by atoms with Gasteiger partial charge in [0.05, 0.1) is 54.9 Å². The largest absolute Gasteiger partial charge is 0.481 e. The Morgan fingerprint density at radius 3 is 1.61 bits per heavy atom. The highest BCUT2D eigenvalue weighted by Gasteiger charge is 2.10. The summed E-state index contributed by atoms with van der Waals surface area (Å²) in [5.74, 6) is -0.0700. The summed E-state index contributed by atoms with van der Waals surface area (Å²) >= 11 is 50.2. The second-order valence-electron chi connectivity index (χ2n) is 13.2. The Kier molecular flexibility index (Phi) is 19.9. The van der Waals surface area contributed by atoms with Gasteiger partial charge >= 0.3 is 5.97 Å². The van der Waals surface area contributed by atoms with E-state index in [1.807, 2.05) is 54.7 Å². The van der Waals surface area contributed by atoms with E-state index in [9.17, 15) is 4.79 Å². The van der Waals surface area contributed by atoms with Crippen LogP contribution in [0.2, 0.25) is 40.2 Å². The van der Waals surface area contributed by atoms with Crippen LogP contribution in [0.3, 0.4) is 0 Å². The molecule has 0 bridgehead atoms. The first-order valence-corrected chi connectivity index (χ1v) is 22.6. The average Bonchev–Trinajstić information content (AvgIpc) is 4.00. The molecule has 0 aliphatic heterocycles. The molecule has 0 radical (unpaired) electrons. The number of rotatable bonds is 11.